The largest absolute Gasteiger partial charge is 0.478 e. The number of aryl methyl sites for hydroxylation is 1. The van der Waals surface area contributed by atoms with Crippen LogP contribution in [0.4, 0.5) is 4.39 Å². The van der Waals surface area contributed by atoms with Gasteiger partial charge < -0.3 is 14.8 Å². The molecule has 3 rings (SSSR count). The van der Waals surface area contributed by atoms with Crippen LogP contribution in [0.3, 0.4) is 0 Å². The van der Waals surface area contributed by atoms with E-state index in [1.54, 1.807) is 24.5 Å². The van der Waals surface area contributed by atoms with Gasteiger partial charge in [-0.05, 0) is 67.4 Å². The Kier molecular flexibility index (Phi) is 5.52. The molecule has 3 aromatic rings. The molecule has 0 aliphatic rings. The third-order valence-electron chi connectivity index (χ3n) is 4.72. The van der Waals surface area contributed by atoms with Gasteiger partial charge in [-0.2, -0.15) is 5.26 Å². The van der Waals surface area contributed by atoms with E-state index in [1.165, 1.54) is 36.4 Å². The second-order valence-electron chi connectivity index (χ2n) is 6.72. The standard InChI is InChI=1S/C23H17FN2O4/c1-13-7-16(8-19(12-25)15-3-5-20(24)6-4-15)14(2)26(13)21-10-17(22(27)28)9-18(11-21)23(29)30/h3-11H,1-2H3,(H,27,28)(H,29,30)/b19-8-. The molecule has 0 fully saturated rings. The van der Waals surface area contributed by atoms with Crippen LogP contribution in [0.15, 0.2) is 48.5 Å². The number of nitrogens with zero attached hydrogens (tertiary/aromatic N) is 2. The molecule has 0 aliphatic carbocycles. The van der Waals surface area contributed by atoms with Crippen molar-refractivity contribution in [1.29, 1.82) is 5.26 Å². The third-order valence-corrected chi connectivity index (χ3v) is 4.72. The van der Waals surface area contributed by atoms with Crippen molar-refractivity contribution in [2.45, 2.75) is 13.8 Å². The molecule has 0 saturated heterocycles. The highest BCUT2D eigenvalue weighted by molar-refractivity contribution is 5.95. The summed E-state index contributed by atoms with van der Waals surface area (Å²) in [5.74, 6) is -2.86. The van der Waals surface area contributed by atoms with E-state index < -0.39 is 17.8 Å². The molecule has 6 nitrogen and oxygen atoms in total. The number of halogens is 1. The molecule has 150 valence electrons. The molecule has 0 radical (unpaired) electrons. The van der Waals surface area contributed by atoms with E-state index in [4.69, 9.17) is 0 Å². The predicted octanol–water partition coefficient (Wildman–Crippen LogP) is 4.69. The van der Waals surface area contributed by atoms with Crippen molar-refractivity contribution in [1.82, 2.24) is 4.57 Å². The van der Waals surface area contributed by atoms with Gasteiger partial charge in [0, 0.05) is 17.1 Å². The summed E-state index contributed by atoms with van der Waals surface area (Å²) in [5.41, 5.74) is 3.13. The maximum absolute atomic E-state index is 13.2. The SMILES string of the molecule is Cc1cc(/C=C(/C#N)c2ccc(F)cc2)c(C)n1-c1cc(C(=O)O)cc(C(=O)O)c1. The first-order chi connectivity index (χ1) is 14.2. The van der Waals surface area contributed by atoms with Crippen molar-refractivity contribution in [2.24, 2.45) is 0 Å². The van der Waals surface area contributed by atoms with Crippen molar-refractivity contribution >= 4 is 23.6 Å². The first-order valence-corrected chi connectivity index (χ1v) is 8.90. The number of carbonyl (C=O) groups is 2. The smallest absolute Gasteiger partial charge is 0.335 e. The number of nitriles is 1. The highest BCUT2D eigenvalue weighted by Crippen LogP contribution is 2.26. The van der Waals surface area contributed by atoms with Crippen LogP contribution in [-0.2, 0) is 0 Å². The lowest BCUT2D eigenvalue weighted by molar-refractivity contribution is 0.0696. The van der Waals surface area contributed by atoms with E-state index in [-0.39, 0.29) is 11.1 Å². The molecule has 0 aliphatic heterocycles. The van der Waals surface area contributed by atoms with Gasteiger partial charge in [0.15, 0.2) is 0 Å². The molecule has 2 aromatic carbocycles. The van der Waals surface area contributed by atoms with Crippen LogP contribution < -0.4 is 0 Å². The fourth-order valence-electron chi connectivity index (χ4n) is 3.28. The number of allylic oxidation sites excluding steroid dienone is 1. The molecule has 0 atom stereocenters. The average molecular weight is 404 g/mol. The Morgan fingerprint density at radius 2 is 1.53 bits per heavy atom. The molecule has 0 saturated carbocycles. The highest BCUT2D eigenvalue weighted by Gasteiger charge is 2.16. The minimum atomic E-state index is -1.23. The molecule has 0 amide bonds. The van der Waals surface area contributed by atoms with Gasteiger partial charge in [0.25, 0.3) is 0 Å². The highest BCUT2D eigenvalue weighted by atomic mass is 19.1. The average Bonchev–Trinajstić information content (AvgIpc) is 2.99. The zero-order valence-electron chi connectivity index (χ0n) is 16.2. The Hall–Kier alpha value is -4.18. The van der Waals surface area contributed by atoms with Gasteiger partial charge in [0.05, 0.1) is 22.8 Å². The molecular weight excluding hydrogens is 387 g/mol. The van der Waals surface area contributed by atoms with Crippen molar-refractivity contribution in [3.05, 3.63) is 88.0 Å². The van der Waals surface area contributed by atoms with Crippen LogP contribution in [0.25, 0.3) is 17.3 Å². The van der Waals surface area contributed by atoms with Crippen molar-refractivity contribution in [2.75, 3.05) is 0 Å². The number of hydrogen-bond acceptors (Lipinski definition) is 3. The maximum Gasteiger partial charge on any atom is 0.335 e. The number of aromatic nitrogens is 1. The van der Waals surface area contributed by atoms with E-state index in [2.05, 4.69) is 6.07 Å². The number of benzene rings is 2. The summed E-state index contributed by atoms with van der Waals surface area (Å²) in [7, 11) is 0. The summed E-state index contributed by atoms with van der Waals surface area (Å²) < 4.78 is 14.9. The predicted molar refractivity (Wildman–Crippen MR) is 109 cm³/mol. The van der Waals surface area contributed by atoms with Crippen molar-refractivity contribution in [3.8, 4) is 11.8 Å². The van der Waals surface area contributed by atoms with Crippen molar-refractivity contribution in [3.63, 3.8) is 0 Å². The van der Waals surface area contributed by atoms with E-state index in [0.717, 1.165) is 11.8 Å². The molecule has 2 N–H and O–H groups in total. The molecular formula is C23H17FN2O4. The molecule has 0 bridgehead atoms. The Morgan fingerprint density at radius 3 is 2.03 bits per heavy atom. The van der Waals surface area contributed by atoms with Gasteiger partial charge in [-0.15, -0.1) is 0 Å². The number of hydrogen-bond donors (Lipinski definition) is 2. The summed E-state index contributed by atoms with van der Waals surface area (Å²) in [6.07, 6.45) is 1.66. The molecule has 30 heavy (non-hydrogen) atoms. The Labute approximate surface area is 171 Å². The first kappa shape index (κ1) is 20.6. The lowest BCUT2D eigenvalue weighted by atomic mass is 10.0. The van der Waals surface area contributed by atoms with Crippen LogP contribution in [0.5, 0.6) is 0 Å². The maximum atomic E-state index is 13.2. The Bertz CT molecular complexity index is 1200. The van der Waals surface area contributed by atoms with Gasteiger partial charge in [0.1, 0.15) is 5.82 Å². The fourth-order valence-corrected chi connectivity index (χ4v) is 3.28. The van der Waals surface area contributed by atoms with Gasteiger partial charge in [-0.25, -0.2) is 14.0 Å². The van der Waals surface area contributed by atoms with Crippen LogP contribution >= 0.6 is 0 Å². The summed E-state index contributed by atoms with van der Waals surface area (Å²) in [6.45, 7) is 3.58. The normalized spacial score (nSPS) is 11.2. The summed E-state index contributed by atoms with van der Waals surface area (Å²) in [4.78, 5) is 22.9. The molecule has 0 unspecified atom stereocenters. The van der Waals surface area contributed by atoms with Crippen LogP contribution in [-0.4, -0.2) is 26.7 Å². The van der Waals surface area contributed by atoms with E-state index >= 15 is 0 Å². The lowest BCUT2D eigenvalue weighted by Crippen LogP contribution is -2.07. The van der Waals surface area contributed by atoms with E-state index in [0.29, 0.717) is 28.1 Å². The Balaban J connectivity index is 2.15. The summed E-state index contributed by atoms with van der Waals surface area (Å²) in [5, 5.41) is 28.2. The van der Waals surface area contributed by atoms with E-state index in [1.807, 2.05) is 6.07 Å². The minimum Gasteiger partial charge on any atom is -0.478 e. The van der Waals surface area contributed by atoms with Crippen molar-refractivity contribution < 1.29 is 24.2 Å². The lowest BCUT2D eigenvalue weighted by Gasteiger charge is -2.12. The van der Waals surface area contributed by atoms with Crippen LogP contribution in [0.2, 0.25) is 0 Å². The van der Waals surface area contributed by atoms with Gasteiger partial charge in [-0.1, -0.05) is 12.1 Å². The summed E-state index contributed by atoms with van der Waals surface area (Å²) in [6, 6.07) is 13.4. The molecule has 7 heteroatoms. The first-order valence-electron chi connectivity index (χ1n) is 8.90. The number of aromatic carboxylic acids is 2. The van der Waals surface area contributed by atoms with Crippen LogP contribution in [0, 0.1) is 31.0 Å². The van der Waals surface area contributed by atoms with Gasteiger partial charge >= 0.3 is 11.9 Å². The zero-order valence-corrected chi connectivity index (χ0v) is 16.2. The second kappa shape index (κ2) is 8.05. The molecule has 0 spiro atoms. The Morgan fingerprint density at radius 1 is 0.967 bits per heavy atom. The number of carboxylic acids is 2. The van der Waals surface area contributed by atoms with E-state index in [9.17, 15) is 29.5 Å². The monoisotopic (exact) mass is 404 g/mol. The van der Waals surface area contributed by atoms with Gasteiger partial charge in [-0.3, -0.25) is 0 Å². The van der Waals surface area contributed by atoms with Gasteiger partial charge in [0.2, 0.25) is 0 Å². The third kappa shape index (κ3) is 3.98. The minimum absolute atomic E-state index is 0.140. The number of rotatable bonds is 5. The molecule has 1 aromatic heterocycles. The summed E-state index contributed by atoms with van der Waals surface area (Å²) >= 11 is 0. The number of carboxylic acid groups (broad SMARTS) is 2. The molecule has 1 heterocycles. The van der Waals surface area contributed by atoms with Crippen LogP contribution in [0.1, 0.15) is 43.2 Å². The topological polar surface area (TPSA) is 103 Å². The fraction of sp³-hybridized carbons (Fsp3) is 0.0870. The quantitative estimate of drug-likeness (QED) is 0.600. The zero-order chi connectivity index (χ0) is 22.0. The second-order valence-corrected chi connectivity index (χ2v) is 6.72.